The molecule has 0 aliphatic carbocycles. The lowest BCUT2D eigenvalue weighted by Crippen LogP contribution is -2.38. The lowest BCUT2D eigenvalue weighted by Gasteiger charge is -2.33. The van der Waals surface area contributed by atoms with Gasteiger partial charge in [0.2, 0.25) is 0 Å². The number of rotatable bonds is 8. The normalized spacial score (nSPS) is 19.0. The fourth-order valence-corrected chi connectivity index (χ4v) is 5.95. The molecule has 0 saturated carbocycles. The molecule has 2 aromatic carbocycles. The highest BCUT2D eigenvalue weighted by Crippen LogP contribution is 2.34. The van der Waals surface area contributed by atoms with E-state index in [0.717, 1.165) is 62.5 Å². The van der Waals surface area contributed by atoms with E-state index in [0.29, 0.717) is 30.2 Å². The minimum absolute atomic E-state index is 0.0288. The molecule has 1 aromatic heterocycles. The molecule has 5 rings (SSSR count). The van der Waals surface area contributed by atoms with Gasteiger partial charge in [0, 0.05) is 56.4 Å². The maximum Gasteiger partial charge on any atom is 0.257 e. The van der Waals surface area contributed by atoms with E-state index in [-0.39, 0.29) is 17.6 Å². The Balaban J connectivity index is 1.37. The van der Waals surface area contributed by atoms with Crippen molar-refractivity contribution in [2.45, 2.75) is 44.4 Å². The van der Waals surface area contributed by atoms with E-state index in [1.807, 2.05) is 22.6 Å². The van der Waals surface area contributed by atoms with E-state index < -0.39 is 0 Å². The molecular weight excluding hydrogens is 491 g/mol. The fraction of sp³-hybridized carbons (Fsp3) is 0.419. The summed E-state index contributed by atoms with van der Waals surface area (Å²) in [6, 6.07) is 16.7. The monoisotopic (exact) mass is 528 g/mol. The van der Waals surface area contributed by atoms with Crippen LogP contribution in [-0.4, -0.2) is 76.7 Å². The molecule has 0 bridgehead atoms. The minimum Gasteiger partial charge on any atom is -0.338 e. The lowest BCUT2D eigenvalue weighted by molar-refractivity contribution is 0.0788. The van der Waals surface area contributed by atoms with Crippen LogP contribution >= 0.6 is 0 Å². The molecule has 1 atom stereocenters. The molecule has 3 aromatic rings. The number of carbonyl (C=O) groups excluding carboxylic acids is 1. The first-order valence-corrected chi connectivity index (χ1v) is 13.8. The second-order valence-electron chi connectivity index (χ2n) is 10.8. The van der Waals surface area contributed by atoms with Gasteiger partial charge in [0.1, 0.15) is 5.82 Å². The van der Waals surface area contributed by atoms with Gasteiger partial charge < -0.3 is 10.3 Å². The zero-order chi connectivity index (χ0) is 27.4. The highest BCUT2D eigenvalue weighted by atomic mass is 19.1. The molecule has 7 nitrogen and oxygen atoms in total. The van der Waals surface area contributed by atoms with Crippen LogP contribution in [-0.2, 0) is 0 Å². The zero-order valence-corrected chi connectivity index (χ0v) is 22.8. The molecular formula is C31H37FN6O. The van der Waals surface area contributed by atoms with E-state index in [1.165, 1.54) is 17.7 Å². The molecule has 2 aliphatic heterocycles. The third kappa shape index (κ3) is 6.17. The van der Waals surface area contributed by atoms with Crippen LogP contribution in [0.3, 0.4) is 0 Å². The summed E-state index contributed by atoms with van der Waals surface area (Å²) in [5.41, 5.74) is 5.26. The van der Waals surface area contributed by atoms with Crippen LogP contribution in [0.1, 0.15) is 66.1 Å². The number of amides is 1. The molecule has 0 radical (unpaired) electrons. The number of halogens is 1. The van der Waals surface area contributed by atoms with Crippen LogP contribution in [0.25, 0.3) is 5.69 Å². The molecule has 204 valence electrons. The number of piperidine rings is 1. The van der Waals surface area contributed by atoms with Crippen molar-refractivity contribution in [3.63, 3.8) is 0 Å². The van der Waals surface area contributed by atoms with Crippen LogP contribution in [0.5, 0.6) is 0 Å². The first-order valence-electron chi connectivity index (χ1n) is 13.8. The van der Waals surface area contributed by atoms with Crippen LogP contribution in [0.2, 0.25) is 0 Å². The Hall–Kier alpha value is -3.65. The summed E-state index contributed by atoms with van der Waals surface area (Å²) in [6.07, 6.45) is 5.04. The molecule has 8 heteroatoms. The Bertz CT molecular complexity index is 1320. The van der Waals surface area contributed by atoms with Crippen LogP contribution < -0.4 is 0 Å². The molecule has 39 heavy (non-hydrogen) atoms. The van der Waals surface area contributed by atoms with Crippen LogP contribution in [0.4, 0.5) is 4.39 Å². The van der Waals surface area contributed by atoms with Crippen molar-refractivity contribution < 1.29 is 9.18 Å². The van der Waals surface area contributed by atoms with Gasteiger partial charge in [-0.1, -0.05) is 30.3 Å². The van der Waals surface area contributed by atoms with E-state index >= 15 is 0 Å². The Labute approximate surface area is 229 Å². The van der Waals surface area contributed by atoms with Gasteiger partial charge in [0.05, 0.1) is 23.1 Å². The van der Waals surface area contributed by atoms with Crippen molar-refractivity contribution in [1.82, 2.24) is 19.6 Å². The summed E-state index contributed by atoms with van der Waals surface area (Å²) in [7, 11) is 1.80. The molecule has 1 amide bonds. The highest BCUT2D eigenvalue weighted by molar-refractivity contribution is 6.03. The maximum atomic E-state index is 13.9. The van der Waals surface area contributed by atoms with Gasteiger partial charge in [-0.25, -0.2) is 9.07 Å². The number of nitrogens with zero attached hydrogens (tertiary/aromatic N) is 5. The quantitative estimate of drug-likeness (QED) is 0.402. The summed E-state index contributed by atoms with van der Waals surface area (Å²) in [6.45, 7) is 5.76. The molecule has 1 N–H and O–H groups in total. The smallest absolute Gasteiger partial charge is 0.257 e. The molecule has 3 heterocycles. The number of hydrogen-bond acceptors (Lipinski definition) is 5. The average Bonchev–Trinajstić information content (AvgIpc) is 3.62. The van der Waals surface area contributed by atoms with Gasteiger partial charge >= 0.3 is 0 Å². The topological polar surface area (TPSA) is 77.6 Å². The molecule has 2 saturated heterocycles. The summed E-state index contributed by atoms with van der Waals surface area (Å²) in [5, 5.41) is 12.5. The Morgan fingerprint density at radius 2 is 1.72 bits per heavy atom. The van der Waals surface area contributed by atoms with Crippen LogP contribution in [0, 0.1) is 11.2 Å². The van der Waals surface area contributed by atoms with Gasteiger partial charge in [0.15, 0.2) is 0 Å². The first-order chi connectivity index (χ1) is 18.9. The Morgan fingerprint density at radius 3 is 2.38 bits per heavy atom. The van der Waals surface area contributed by atoms with Crippen molar-refractivity contribution in [2.75, 3.05) is 39.8 Å². The van der Waals surface area contributed by atoms with Crippen molar-refractivity contribution in [1.29, 1.82) is 5.41 Å². The second-order valence-corrected chi connectivity index (χ2v) is 10.8. The first kappa shape index (κ1) is 26.9. The summed E-state index contributed by atoms with van der Waals surface area (Å²) in [5.74, 6) is 0.232. The average molecular weight is 529 g/mol. The summed E-state index contributed by atoms with van der Waals surface area (Å²) < 4.78 is 15.6. The third-order valence-corrected chi connectivity index (χ3v) is 8.02. The van der Waals surface area contributed by atoms with Crippen molar-refractivity contribution in [3.05, 3.63) is 83.4 Å². The maximum absolute atomic E-state index is 13.9. The minimum atomic E-state index is -0.297. The van der Waals surface area contributed by atoms with Crippen molar-refractivity contribution in [3.8, 4) is 5.69 Å². The van der Waals surface area contributed by atoms with Gasteiger partial charge in [-0.05, 0) is 69.1 Å². The second kappa shape index (κ2) is 12.0. The predicted molar refractivity (Wildman–Crippen MR) is 153 cm³/mol. The largest absolute Gasteiger partial charge is 0.338 e. The zero-order valence-electron chi connectivity index (χ0n) is 22.8. The van der Waals surface area contributed by atoms with Gasteiger partial charge in [-0.15, -0.1) is 0 Å². The highest BCUT2D eigenvalue weighted by Gasteiger charge is 2.34. The molecule has 2 fully saturated rings. The van der Waals surface area contributed by atoms with E-state index in [9.17, 15) is 9.18 Å². The number of benzene rings is 2. The van der Waals surface area contributed by atoms with Crippen molar-refractivity contribution >= 4 is 17.3 Å². The Morgan fingerprint density at radius 1 is 1.03 bits per heavy atom. The van der Waals surface area contributed by atoms with Crippen molar-refractivity contribution in [2.24, 2.45) is 4.99 Å². The van der Waals surface area contributed by atoms with E-state index in [1.54, 1.807) is 25.4 Å². The van der Waals surface area contributed by atoms with Crippen LogP contribution in [0.15, 0.2) is 65.8 Å². The standard InChI is InChI=1S/C31H37FN6O/c1-22(33)18-27(34-2)21-36-15-12-24(13-16-36)30-29(19-35-38(30)28-10-8-26(32)9-11-28)31(39)37-17-14-25(20-37)23-6-4-3-5-7-23/h3-11,19,24-25,33H,12-18,20-21H2,1-2H3. The number of aromatic nitrogens is 2. The molecule has 2 aliphatic rings. The third-order valence-electron chi connectivity index (χ3n) is 8.02. The SMILES string of the molecule is CN=C(CC(C)=N)CN1CCC(c2c(C(=O)N3CCC(c4ccccc4)C3)cnn2-c2ccc(F)cc2)CC1. The fourth-order valence-electron chi connectivity index (χ4n) is 5.95. The Kier molecular flexibility index (Phi) is 8.31. The van der Waals surface area contributed by atoms with E-state index in [4.69, 9.17) is 5.41 Å². The molecule has 0 spiro atoms. The number of likely N-dealkylation sites (tertiary alicyclic amines) is 2. The molecule has 1 unspecified atom stereocenters. The van der Waals surface area contributed by atoms with Gasteiger partial charge in [-0.3, -0.25) is 14.7 Å². The summed E-state index contributed by atoms with van der Waals surface area (Å²) >= 11 is 0. The summed E-state index contributed by atoms with van der Waals surface area (Å²) in [4.78, 5) is 22.7. The number of aliphatic imine (C=N–C) groups is 1. The van der Waals surface area contributed by atoms with E-state index in [2.05, 4.69) is 39.3 Å². The number of carbonyl (C=O) groups is 1. The number of nitrogens with one attached hydrogen (secondary N) is 1. The lowest BCUT2D eigenvalue weighted by atomic mass is 9.90. The number of hydrogen-bond donors (Lipinski definition) is 1. The predicted octanol–water partition coefficient (Wildman–Crippen LogP) is 5.32. The van der Waals surface area contributed by atoms with Gasteiger partial charge in [0.25, 0.3) is 5.91 Å². The van der Waals surface area contributed by atoms with Gasteiger partial charge in [-0.2, -0.15) is 5.10 Å².